The normalized spacial score (nSPS) is 37.8. The van der Waals surface area contributed by atoms with E-state index in [1.807, 2.05) is 0 Å². The van der Waals surface area contributed by atoms with Gasteiger partial charge in [0.25, 0.3) is 0 Å². The molecule has 25 heavy (non-hydrogen) atoms. The Morgan fingerprint density at radius 2 is 1.44 bits per heavy atom. The quantitative estimate of drug-likeness (QED) is 0.546. The Balaban J connectivity index is 1.57. The summed E-state index contributed by atoms with van der Waals surface area (Å²) >= 11 is 0. The predicted molar refractivity (Wildman–Crippen MR) is 109 cm³/mol. The predicted octanol–water partition coefficient (Wildman–Crippen LogP) is 6.38. The van der Waals surface area contributed by atoms with Gasteiger partial charge in [-0.1, -0.05) is 92.4 Å². The van der Waals surface area contributed by atoms with E-state index in [0.29, 0.717) is 11.8 Å². The molecule has 0 bridgehead atoms. The molecule has 4 aliphatic carbocycles. The van der Waals surface area contributed by atoms with Gasteiger partial charge in [-0.25, -0.2) is 0 Å². The second-order valence-corrected chi connectivity index (χ2v) is 14.0. The fourth-order valence-electron chi connectivity index (χ4n) is 6.51. The highest BCUT2D eigenvalue weighted by Gasteiger charge is 2.53. The van der Waals surface area contributed by atoms with Gasteiger partial charge < -0.3 is 0 Å². The second kappa shape index (κ2) is 5.70. The van der Waals surface area contributed by atoms with Gasteiger partial charge in [-0.3, -0.25) is 0 Å². The summed E-state index contributed by atoms with van der Waals surface area (Å²) in [6, 6.07) is 9.33. The Hall–Kier alpha value is -1.60. The lowest BCUT2D eigenvalue weighted by molar-refractivity contribution is 0.528. The van der Waals surface area contributed by atoms with Crippen LogP contribution in [0.25, 0.3) is 0 Å². The molecule has 0 saturated heterocycles. The van der Waals surface area contributed by atoms with Crippen molar-refractivity contribution in [3.8, 4) is 0 Å². The number of hydrogen-bond acceptors (Lipinski definition) is 0. The summed E-state index contributed by atoms with van der Waals surface area (Å²) in [5.74, 6) is 2.89. The van der Waals surface area contributed by atoms with Crippen molar-refractivity contribution in [2.45, 2.75) is 42.9 Å². The van der Waals surface area contributed by atoms with Gasteiger partial charge in [-0.2, -0.15) is 0 Å². The highest BCUT2D eigenvalue weighted by Crippen LogP contribution is 2.59. The summed E-state index contributed by atoms with van der Waals surface area (Å²) in [6.45, 7) is 5.39. The molecular weight excluding hydrogens is 316 g/mol. The number of fused-ring (bicyclic) bond motifs is 4. The van der Waals surface area contributed by atoms with Crippen molar-refractivity contribution in [2.75, 3.05) is 0 Å². The third kappa shape index (κ3) is 2.25. The minimum absolute atomic E-state index is 0.608. The van der Waals surface area contributed by atoms with Crippen molar-refractivity contribution < 1.29 is 0 Å². The van der Waals surface area contributed by atoms with Crippen LogP contribution < -0.4 is 0 Å². The highest BCUT2D eigenvalue weighted by atomic mass is 28.3. The van der Waals surface area contributed by atoms with E-state index in [9.17, 15) is 0 Å². The topological polar surface area (TPSA) is 0 Å². The summed E-state index contributed by atoms with van der Waals surface area (Å²) in [5, 5.41) is 0. The molecule has 0 spiro atoms. The molecule has 128 valence electrons. The van der Waals surface area contributed by atoms with Crippen LogP contribution in [0.1, 0.15) is 35.4 Å². The van der Waals surface area contributed by atoms with Gasteiger partial charge in [-0.05, 0) is 46.4 Å². The fourth-order valence-corrected chi connectivity index (χ4v) is 11.6. The molecule has 0 heterocycles. The molecule has 5 rings (SSSR count). The van der Waals surface area contributed by atoms with Crippen LogP contribution in [0.2, 0.25) is 18.6 Å². The third-order valence-corrected chi connectivity index (χ3v) is 12.5. The van der Waals surface area contributed by atoms with E-state index >= 15 is 0 Å². The molecule has 6 atom stereocenters. The number of rotatable bonds is 2. The Labute approximate surface area is 153 Å². The van der Waals surface area contributed by atoms with Crippen molar-refractivity contribution in [1.82, 2.24) is 0 Å². The molecule has 0 N–H and O–H groups in total. The van der Waals surface area contributed by atoms with Gasteiger partial charge in [0.05, 0.1) is 8.07 Å². The smallest absolute Gasteiger partial charge is 0.0596 e. The summed E-state index contributed by atoms with van der Waals surface area (Å²) in [5.41, 5.74) is 4.95. The van der Waals surface area contributed by atoms with Crippen molar-refractivity contribution in [2.24, 2.45) is 17.8 Å². The molecule has 1 aromatic carbocycles. The molecule has 1 saturated carbocycles. The van der Waals surface area contributed by atoms with Crippen LogP contribution in [0, 0.1) is 17.8 Å². The van der Waals surface area contributed by atoms with E-state index in [1.165, 1.54) is 12.8 Å². The third-order valence-electron chi connectivity index (χ3n) is 7.58. The molecule has 6 unspecified atom stereocenters. The maximum atomic E-state index is 2.70. The number of benzene rings is 1. The Morgan fingerprint density at radius 1 is 0.760 bits per heavy atom. The van der Waals surface area contributed by atoms with Crippen LogP contribution in [0.15, 0.2) is 72.9 Å². The molecule has 1 fully saturated rings. The zero-order valence-electron chi connectivity index (χ0n) is 15.3. The van der Waals surface area contributed by atoms with Crippen LogP contribution in [0.4, 0.5) is 0 Å². The SMILES string of the molecule is C[Si](C)(C1CCC2C=CC=CC21)C1c2ccccc2C2C=CC=CC21. The molecule has 0 aromatic heterocycles. The van der Waals surface area contributed by atoms with Gasteiger partial charge in [0, 0.05) is 5.92 Å². The summed E-state index contributed by atoms with van der Waals surface area (Å²) in [4.78, 5) is 0. The minimum Gasteiger partial charge on any atom is -0.0808 e. The van der Waals surface area contributed by atoms with Crippen LogP contribution in [0.5, 0.6) is 0 Å². The van der Waals surface area contributed by atoms with Crippen molar-refractivity contribution >= 4 is 8.07 Å². The molecule has 0 radical (unpaired) electrons. The highest BCUT2D eigenvalue weighted by molar-refractivity contribution is 6.80. The average molecular weight is 345 g/mol. The molecule has 1 heteroatoms. The van der Waals surface area contributed by atoms with Gasteiger partial charge in [-0.15, -0.1) is 0 Å². The first-order valence-electron chi connectivity index (χ1n) is 9.97. The zero-order chi connectivity index (χ0) is 17.0. The maximum absolute atomic E-state index is 2.70. The molecular formula is C24H28Si. The first kappa shape index (κ1) is 15.6. The summed E-state index contributed by atoms with van der Waals surface area (Å²) < 4.78 is 0. The van der Waals surface area contributed by atoms with Crippen molar-refractivity contribution in [1.29, 1.82) is 0 Å². The monoisotopic (exact) mass is 344 g/mol. The molecule has 1 aromatic rings. The van der Waals surface area contributed by atoms with Crippen LogP contribution >= 0.6 is 0 Å². The van der Waals surface area contributed by atoms with E-state index in [4.69, 9.17) is 0 Å². The zero-order valence-corrected chi connectivity index (χ0v) is 16.3. The largest absolute Gasteiger partial charge is 0.0808 e. The fraction of sp³-hybridized carbons (Fsp3) is 0.417. The number of allylic oxidation sites excluding steroid dienone is 8. The molecule has 4 aliphatic rings. The lowest BCUT2D eigenvalue weighted by Gasteiger charge is -2.42. The van der Waals surface area contributed by atoms with E-state index < -0.39 is 8.07 Å². The summed E-state index contributed by atoms with van der Waals surface area (Å²) in [6.07, 6.45) is 21.9. The van der Waals surface area contributed by atoms with Gasteiger partial charge in [0.2, 0.25) is 0 Å². The van der Waals surface area contributed by atoms with Gasteiger partial charge >= 0.3 is 0 Å². The average Bonchev–Trinajstić information content (AvgIpc) is 3.22. The second-order valence-electron chi connectivity index (χ2n) is 9.00. The first-order valence-corrected chi connectivity index (χ1v) is 13.1. The van der Waals surface area contributed by atoms with E-state index in [2.05, 4.69) is 86.0 Å². The summed E-state index contributed by atoms with van der Waals surface area (Å²) in [7, 11) is -1.48. The molecule has 0 amide bonds. The standard InChI is InChI=1S/C24H28Si/c1-25(2,23-16-15-17-9-3-4-10-18(17)23)24-21-13-7-5-11-19(21)20-12-6-8-14-22(20)24/h3-14,17-19,21,23-24H,15-16H2,1-2H3. The lowest BCUT2D eigenvalue weighted by Crippen LogP contribution is -2.44. The van der Waals surface area contributed by atoms with Crippen LogP contribution in [0.3, 0.4) is 0 Å². The van der Waals surface area contributed by atoms with Gasteiger partial charge in [0.15, 0.2) is 0 Å². The first-order chi connectivity index (χ1) is 12.2. The Bertz CT molecular complexity index is 794. The van der Waals surface area contributed by atoms with E-state index in [-0.39, 0.29) is 0 Å². The van der Waals surface area contributed by atoms with Crippen LogP contribution in [-0.2, 0) is 0 Å². The van der Waals surface area contributed by atoms with E-state index in [0.717, 1.165) is 22.9 Å². The maximum Gasteiger partial charge on any atom is 0.0596 e. The minimum atomic E-state index is -1.48. The van der Waals surface area contributed by atoms with Gasteiger partial charge in [0.1, 0.15) is 0 Å². The van der Waals surface area contributed by atoms with E-state index in [1.54, 1.807) is 11.1 Å². The van der Waals surface area contributed by atoms with Crippen LogP contribution in [-0.4, -0.2) is 8.07 Å². The number of hydrogen-bond donors (Lipinski definition) is 0. The van der Waals surface area contributed by atoms with Crippen molar-refractivity contribution in [3.05, 3.63) is 84.0 Å². The lowest BCUT2D eigenvalue weighted by atomic mass is 9.89. The molecule has 0 nitrogen and oxygen atoms in total. The Kier molecular flexibility index (Phi) is 3.57. The van der Waals surface area contributed by atoms with Crippen molar-refractivity contribution in [3.63, 3.8) is 0 Å². The Morgan fingerprint density at radius 3 is 2.28 bits per heavy atom. The molecule has 0 aliphatic heterocycles.